The van der Waals surface area contributed by atoms with E-state index in [1.165, 1.54) is 5.56 Å². The van der Waals surface area contributed by atoms with Crippen molar-refractivity contribution in [2.24, 2.45) is 5.92 Å². The van der Waals surface area contributed by atoms with Crippen LogP contribution in [0.25, 0.3) is 6.08 Å². The molecule has 1 N–H and O–H groups in total. The van der Waals surface area contributed by atoms with Crippen molar-refractivity contribution < 1.29 is 9.90 Å². The SMILES string of the molecule is Cc1ccc(C=CC(=O)N2CC(CO)C2)c(Br)c1. The van der Waals surface area contributed by atoms with Crippen LogP contribution >= 0.6 is 15.9 Å². The van der Waals surface area contributed by atoms with Gasteiger partial charge in [-0.1, -0.05) is 28.1 Å². The Labute approximate surface area is 115 Å². The van der Waals surface area contributed by atoms with E-state index in [-0.39, 0.29) is 18.4 Å². The minimum absolute atomic E-state index is 0.00664. The summed E-state index contributed by atoms with van der Waals surface area (Å²) in [6.07, 6.45) is 3.40. The molecule has 1 aromatic carbocycles. The van der Waals surface area contributed by atoms with E-state index in [0.29, 0.717) is 13.1 Å². The third kappa shape index (κ3) is 3.00. The van der Waals surface area contributed by atoms with Gasteiger partial charge in [0.2, 0.25) is 5.91 Å². The fraction of sp³-hybridized carbons (Fsp3) is 0.357. The van der Waals surface area contributed by atoms with Gasteiger partial charge in [-0.25, -0.2) is 0 Å². The molecule has 1 aliphatic heterocycles. The van der Waals surface area contributed by atoms with Crippen LogP contribution in [0.15, 0.2) is 28.7 Å². The molecule has 0 aliphatic carbocycles. The molecule has 4 heteroatoms. The van der Waals surface area contributed by atoms with E-state index in [2.05, 4.69) is 15.9 Å². The van der Waals surface area contributed by atoms with Crippen molar-refractivity contribution in [3.63, 3.8) is 0 Å². The molecule has 0 bridgehead atoms. The Morgan fingerprint density at radius 1 is 1.56 bits per heavy atom. The number of rotatable bonds is 3. The Hall–Kier alpha value is -1.13. The predicted octanol–water partition coefficient (Wildman–Crippen LogP) is 2.22. The van der Waals surface area contributed by atoms with Crippen molar-refractivity contribution in [2.75, 3.05) is 19.7 Å². The van der Waals surface area contributed by atoms with E-state index in [1.807, 2.05) is 31.2 Å². The number of aryl methyl sites for hydroxylation is 1. The normalized spacial score (nSPS) is 16.1. The van der Waals surface area contributed by atoms with Gasteiger partial charge in [0.15, 0.2) is 0 Å². The maximum absolute atomic E-state index is 11.8. The maximum Gasteiger partial charge on any atom is 0.246 e. The lowest BCUT2D eigenvalue weighted by Crippen LogP contribution is -2.50. The minimum Gasteiger partial charge on any atom is -0.396 e. The van der Waals surface area contributed by atoms with Crippen LogP contribution in [0, 0.1) is 12.8 Å². The van der Waals surface area contributed by atoms with Gasteiger partial charge < -0.3 is 10.0 Å². The second kappa shape index (κ2) is 5.67. The van der Waals surface area contributed by atoms with Crippen molar-refractivity contribution in [3.8, 4) is 0 Å². The predicted molar refractivity (Wildman–Crippen MR) is 75.1 cm³/mol. The number of amides is 1. The Bertz CT molecular complexity index is 479. The summed E-state index contributed by atoms with van der Waals surface area (Å²) in [5.41, 5.74) is 2.17. The second-order valence-electron chi connectivity index (χ2n) is 4.65. The molecule has 0 atom stereocenters. The Kier molecular flexibility index (Phi) is 4.19. The Morgan fingerprint density at radius 2 is 2.28 bits per heavy atom. The highest BCUT2D eigenvalue weighted by atomic mass is 79.9. The van der Waals surface area contributed by atoms with E-state index < -0.39 is 0 Å². The van der Waals surface area contributed by atoms with Crippen molar-refractivity contribution in [1.82, 2.24) is 4.90 Å². The summed E-state index contributed by atoms with van der Waals surface area (Å²) in [6, 6.07) is 6.02. The van der Waals surface area contributed by atoms with Crippen LogP contribution in [0.4, 0.5) is 0 Å². The van der Waals surface area contributed by atoms with Gasteiger partial charge in [0, 0.05) is 36.2 Å². The van der Waals surface area contributed by atoms with Crippen LogP contribution in [0.5, 0.6) is 0 Å². The molecule has 0 saturated carbocycles. The van der Waals surface area contributed by atoms with Gasteiger partial charge in [-0.3, -0.25) is 4.79 Å². The summed E-state index contributed by atoms with van der Waals surface area (Å²) >= 11 is 3.48. The largest absolute Gasteiger partial charge is 0.396 e. The molecule has 96 valence electrons. The van der Waals surface area contributed by atoms with Gasteiger partial charge in [-0.2, -0.15) is 0 Å². The van der Waals surface area contributed by atoms with Gasteiger partial charge in [0.1, 0.15) is 0 Å². The summed E-state index contributed by atoms with van der Waals surface area (Å²) in [5, 5.41) is 8.89. The van der Waals surface area contributed by atoms with E-state index in [0.717, 1.165) is 10.0 Å². The first kappa shape index (κ1) is 13.3. The van der Waals surface area contributed by atoms with Crippen molar-refractivity contribution >= 4 is 27.9 Å². The number of carbonyl (C=O) groups excluding carboxylic acids is 1. The third-order valence-corrected chi connectivity index (χ3v) is 3.78. The van der Waals surface area contributed by atoms with Gasteiger partial charge in [0.25, 0.3) is 0 Å². The average molecular weight is 310 g/mol. The molecule has 1 aromatic rings. The molecule has 1 aliphatic rings. The third-order valence-electron chi connectivity index (χ3n) is 3.09. The van der Waals surface area contributed by atoms with Gasteiger partial charge >= 0.3 is 0 Å². The zero-order valence-electron chi connectivity index (χ0n) is 10.3. The summed E-state index contributed by atoms with van der Waals surface area (Å²) in [5.74, 6) is 0.264. The molecule has 0 radical (unpaired) electrons. The van der Waals surface area contributed by atoms with Crippen molar-refractivity contribution in [1.29, 1.82) is 0 Å². The highest BCUT2D eigenvalue weighted by Crippen LogP contribution is 2.20. The zero-order chi connectivity index (χ0) is 13.1. The van der Waals surface area contributed by atoms with Crippen LogP contribution in [0.3, 0.4) is 0 Å². The summed E-state index contributed by atoms with van der Waals surface area (Å²) in [7, 11) is 0. The summed E-state index contributed by atoms with van der Waals surface area (Å²) < 4.78 is 0.989. The number of aliphatic hydroxyl groups is 1. The van der Waals surface area contributed by atoms with E-state index >= 15 is 0 Å². The standard InChI is InChI=1S/C14H16BrNO2/c1-10-2-3-12(13(15)6-10)4-5-14(18)16-7-11(8-16)9-17/h2-6,11,17H,7-9H2,1H3. The number of halogens is 1. The lowest BCUT2D eigenvalue weighted by molar-refractivity contribution is -0.132. The van der Waals surface area contributed by atoms with E-state index in [4.69, 9.17) is 5.11 Å². The molecule has 18 heavy (non-hydrogen) atoms. The molecule has 0 unspecified atom stereocenters. The molecule has 1 amide bonds. The molecule has 3 nitrogen and oxygen atoms in total. The fourth-order valence-corrected chi connectivity index (χ4v) is 2.52. The topological polar surface area (TPSA) is 40.5 Å². The summed E-state index contributed by atoms with van der Waals surface area (Å²) in [6.45, 7) is 3.51. The molecular weight excluding hydrogens is 294 g/mol. The summed E-state index contributed by atoms with van der Waals surface area (Å²) in [4.78, 5) is 13.5. The lowest BCUT2D eigenvalue weighted by Gasteiger charge is -2.37. The number of hydrogen-bond donors (Lipinski definition) is 1. The number of benzene rings is 1. The second-order valence-corrected chi connectivity index (χ2v) is 5.50. The smallest absolute Gasteiger partial charge is 0.246 e. The van der Waals surface area contributed by atoms with Gasteiger partial charge in [0.05, 0.1) is 0 Å². The van der Waals surface area contributed by atoms with Crippen LogP contribution < -0.4 is 0 Å². The fourth-order valence-electron chi connectivity index (χ4n) is 1.90. The van der Waals surface area contributed by atoms with E-state index in [1.54, 1.807) is 11.0 Å². The maximum atomic E-state index is 11.8. The van der Waals surface area contributed by atoms with Crippen LogP contribution in [-0.4, -0.2) is 35.6 Å². The quantitative estimate of drug-likeness (QED) is 0.870. The molecule has 0 aromatic heterocycles. The van der Waals surface area contributed by atoms with Crippen LogP contribution in [0.2, 0.25) is 0 Å². The molecule has 1 fully saturated rings. The molecule has 2 rings (SSSR count). The average Bonchev–Trinajstić information content (AvgIpc) is 2.26. The molecular formula is C14H16BrNO2. The van der Waals surface area contributed by atoms with Gasteiger partial charge in [-0.15, -0.1) is 0 Å². The number of nitrogens with zero attached hydrogens (tertiary/aromatic N) is 1. The number of likely N-dealkylation sites (tertiary alicyclic amines) is 1. The molecule has 0 spiro atoms. The van der Waals surface area contributed by atoms with Crippen LogP contribution in [0.1, 0.15) is 11.1 Å². The Morgan fingerprint density at radius 3 is 2.89 bits per heavy atom. The monoisotopic (exact) mass is 309 g/mol. The number of carbonyl (C=O) groups is 1. The lowest BCUT2D eigenvalue weighted by atomic mass is 10.0. The minimum atomic E-state index is 0.00664. The number of aliphatic hydroxyl groups excluding tert-OH is 1. The van der Waals surface area contributed by atoms with Crippen LogP contribution in [-0.2, 0) is 4.79 Å². The first-order valence-corrected chi connectivity index (χ1v) is 6.73. The highest BCUT2D eigenvalue weighted by molar-refractivity contribution is 9.10. The molecule has 1 heterocycles. The zero-order valence-corrected chi connectivity index (χ0v) is 11.9. The Balaban J connectivity index is 1.96. The first-order chi connectivity index (χ1) is 8.60. The molecule has 1 saturated heterocycles. The van der Waals surface area contributed by atoms with E-state index in [9.17, 15) is 4.79 Å². The first-order valence-electron chi connectivity index (χ1n) is 5.94. The highest BCUT2D eigenvalue weighted by Gasteiger charge is 2.28. The van der Waals surface area contributed by atoms with Crippen molar-refractivity contribution in [2.45, 2.75) is 6.92 Å². The van der Waals surface area contributed by atoms with Crippen molar-refractivity contribution in [3.05, 3.63) is 39.9 Å². The number of hydrogen-bond acceptors (Lipinski definition) is 2. The van der Waals surface area contributed by atoms with Gasteiger partial charge in [-0.05, 0) is 30.2 Å².